The highest BCUT2D eigenvalue weighted by atomic mass is 16.5. The van der Waals surface area contributed by atoms with Crippen LogP contribution in [-0.4, -0.2) is 39.4 Å². The average molecular weight is 286 g/mol. The fourth-order valence-corrected chi connectivity index (χ4v) is 4.48. The van der Waals surface area contributed by atoms with Gasteiger partial charge in [0.05, 0.1) is 0 Å². The molecule has 3 heterocycles. The smallest absolute Gasteiger partial charge is 0.0475 e. The number of benzene rings is 1. The summed E-state index contributed by atoms with van der Waals surface area (Å²) in [6, 6.07) is 9.10. The van der Waals surface area contributed by atoms with Crippen molar-refractivity contribution in [3.63, 3.8) is 0 Å². The van der Waals surface area contributed by atoms with Crippen LogP contribution < -0.4 is 10.2 Å². The van der Waals surface area contributed by atoms with Crippen LogP contribution in [0.15, 0.2) is 24.3 Å². The summed E-state index contributed by atoms with van der Waals surface area (Å²) < 4.78 is 5.63. The van der Waals surface area contributed by atoms with E-state index >= 15 is 0 Å². The van der Waals surface area contributed by atoms with Crippen LogP contribution in [0.25, 0.3) is 0 Å². The lowest BCUT2D eigenvalue weighted by Crippen LogP contribution is -2.42. The first-order valence-electron chi connectivity index (χ1n) is 8.50. The summed E-state index contributed by atoms with van der Waals surface area (Å²) in [7, 11) is 0. The molecule has 2 fully saturated rings. The standard InChI is InChI=1S/C18H26N2O/c1-2-6-17-16(5-1)18(7-10-21-11-8-18)14-20(17)13-15-4-3-9-19-12-15/h1-2,5-6,15,19H,3-4,7-14H2. The summed E-state index contributed by atoms with van der Waals surface area (Å²) in [6.45, 7) is 6.66. The fraction of sp³-hybridized carbons (Fsp3) is 0.667. The Kier molecular flexibility index (Phi) is 3.64. The molecule has 1 atom stereocenters. The quantitative estimate of drug-likeness (QED) is 0.904. The number of ether oxygens (including phenoxy) is 1. The Morgan fingerprint density at radius 2 is 2.10 bits per heavy atom. The third kappa shape index (κ3) is 2.47. The van der Waals surface area contributed by atoms with Crippen LogP contribution in [0.4, 0.5) is 5.69 Å². The Hall–Kier alpha value is -1.06. The normalized spacial score (nSPS) is 27.8. The first-order valence-corrected chi connectivity index (χ1v) is 8.50. The third-order valence-electron chi connectivity index (χ3n) is 5.64. The Labute approximate surface area is 127 Å². The van der Waals surface area contributed by atoms with Crippen molar-refractivity contribution in [2.75, 3.05) is 44.3 Å². The number of para-hydroxylation sites is 1. The number of nitrogens with one attached hydrogen (secondary N) is 1. The molecule has 3 nitrogen and oxygen atoms in total. The molecule has 3 heteroatoms. The molecule has 0 aromatic heterocycles. The van der Waals surface area contributed by atoms with Gasteiger partial charge in [0.15, 0.2) is 0 Å². The molecule has 1 aromatic rings. The maximum atomic E-state index is 5.63. The third-order valence-corrected chi connectivity index (χ3v) is 5.64. The van der Waals surface area contributed by atoms with Gasteiger partial charge in [0.25, 0.3) is 0 Å². The van der Waals surface area contributed by atoms with Crippen LogP contribution in [0.3, 0.4) is 0 Å². The molecule has 1 spiro atoms. The predicted molar refractivity (Wildman–Crippen MR) is 86.0 cm³/mol. The Bertz CT molecular complexity index is 490. The zero-order valence-electron chi connectivity index (χ0n) is 12.8. The van der Waals surface area contributed by atoms with Crippen LogP contribution in [0, 0.1) is 5.92 Å². The number of hydrogen-bond donors (Lipinski definition) is 1. The first kappa shape index (κ1) is 13.6. The molecule has 3 aliphatic heterocycles. The van der Waals surface area contributed by atoms with Gasteiger partial charge in [-0.25, -0.2) is 0 Å². The maximum absolute atomic E-state index is 5.63. The van der Waals surface area contributed by atoms with Crippen LogP contribution >= 0.6 is 0 Å². The van der Waals surface area contributed by atoms with E-state index in [0.717, 1.165) is 19.1 Å². The van der Waals surface area contributed by atoms with E-state index in [0.29, 0.717) is 5.41 Å². The van der Waals surface area contributed by atoms with Gasteiger partial charge in [-0.2, -0.15) is 0 Å². The van der Waals surface area contributed by atoms with Crippen molar-refractivity contribution in [1.29, 1.82) is 0 Å². The van der Waals surface area contributed by atoms with E-state index in [-0.39, 0.29) is 0 Å². The van der Waals surface area contributed by atoms with Crippen molar-refractivity contribution in [3.05, 3.63) is 29.8 Å². The molecule has 2 saturated heterocycles. The number of rotatable bonds is 2. The van der Waals surface area contributed by atoms with Gasteiger partial charge < -0.3 is 15.0 Å². The highest BCUT2D eigenvalue weighted by molar-refractivity contribution is 5.62. The Balaban J connectivity index is 1.58. The van der Waals surface area contributed by atoms with Gasteiger partial charge in [-0.3, -0.25) is 0 Å². The van der Waals surface area contributed by atoms with Crippen LogP contribution in [0.1, 0.15) is 31.2 Å². The monoisotopic (exact) mass is 286 g/mol. The van der Waals surface area contributed by atoms with Gasteiger partial charge in [0.1, 0.15) is 0 Å². The van der Waals surface area contributed by atoms with Gasteiger partial charge in [0, 0.05) is 37.4 Å². The van der Waals surface area contributed by atoms with Crippen LogP contribution in [-0.2, 0) is 10.2 Å². The van der Waals surface area contributed by atoms with Gasteiger partial charge in [-0.15, -0.1) is 0 Å². The lowest BCUT2D eigenvalue weighted by molar-refractivity contribution is 0.0551. The minimum Gasteiger partial charge on any atom is -0.381 e. The Morgan fingerprint density at radius 3 is 2.90 bits per heavy atom. The maximum Gasteiger partial charge on any atom is 0.0475 e. The van der Waals surface area contributed by atoms with Crippen molar-refractivity contribution in [2.24, 2.45) is 5.92 Å². The van der Waals surface area contributed by atoms with E-state index in [1.807, 2.05) is 0 Å². The van der Waals surface area contributed by atoms with E-state index in [2.05, 4.69) is 34.5 Å². The zero-order chi connectivity index (χ0) is 14.1. The molecule has 0 bridgehead atoms. The second-order valence-corrected chi connectivity index (χ2v) is 7.00. The number of piperidine rings is 1. The van der Waals surface area contributed by atoms with Crippen molar-refractivity contribution < 1.29 is 4.74 Å². The molecular formula is C18H26N2O. The molecule has 3 aliphatic rings. The van der Waals surface area contributed by atoms with Gasteiger partial charge in [0.2, 0.25) is 0 Å². The highest BCUT2D eigenvalue weighted by Crippen LogP contribution is 2.46. The Morgan fingerprint density at radius 1 is 1.24 bits per heavy atom. The van der Waals surface area contributed by atoms with E-state index < -0.39 is 0 Å². The van der Waals surface area contributed by atoms with E-state index in [1.54, 1.807) is 5.56 Å². The predicted octanol–water partition coefficient (Wildman–Crippen LogP) is 2.55. The topological polar surface area (TPSA) is 24.5 Å². The number of fused-ring (bicyclic) bond motifs is 2. The average Bonchev–Trinajstić information content (AvgIpc) is 2.83. The number of nitrogens with zero attached hydrogens (tertiary/aromatic N) is 1. The first-order chi connectivity index (χ1) is 10.4. The van der Waals surface area contributed by atoms with Crippen LogP contribution in [0.2, 0.25) is 0 Å². The molecule has 0 radical (unpaired) electrons. The SMILES string of the molecule is c1ccc2c(c1)N(CC1CCCNC1)CC21CCOCC1. The largest absolute Gasteiger partial charge is 0.381 e. The summed E-state index contributed by atoms with van der Waals surface area (Å²) in [5.74, 6) is 0.807. The molecule has 4 rings (SSSR count). The lowest BCUT2D eigenvalue weighted by Gasteiger charge is -2.35. The van der Waals surface area contributed by atoms with E-state index in [1.165, 1.54) is 57.5 Å². The molecule has 21 heavy (non-hydrogen) atoms. The summed E-state index contributed by atoms with van der Waals surface area (Å²) in [5, 5.41) is 3.56. The number of hydrogen-bond acceptors (Lipinski definition) is 3. The molecule has 1 N–H and O–H groups in total. The second-order valence-electron chi connectivity index (χ2n) is 7.00. The zero-order valence-corrected chi connectivity index (χ0v) is 12.8. The lowest BCUT2D eigenvalue weighted by atomic mass is 9.76. The van der Waals surface area contributed by atoms with Gasteiger partial charge >= 0.3 is 0 Å². The fourth-order valence-electron chi connectivity index (χ4n) is 4.48. The second kappa shape index (κ2) is 5.62. The summed E-state index contributed by atoms with van der Waals surface area (Å²) >= 11 is 0. The van der Waals surface area contributed by atoms with E-state index in [4.69, 9.17) is 4.74 Å². The molecule has 0 saturated carbocycles. The molecule has 0 amide bonds. The van der Waals surface area contributed by atoms with Gasteiger partial charge in [-0.05, 0) is 56.3 Å². The van der Waals surface area contributed by atoms with E-state index in [9.17, 15) is 0 Å². The molecule has 1 unspecified atom stereocenters. The van der Waals surface area contributed by atoms with Crippen molar-refractivity contribution in [1.82, 2.24) is 5.32 Å². The minimum atomic E-state index is 0.358. The minimum absolute atomic E-state index is 0.358. The molecule has 0 aliphatic carbocycles. The molecule has 114 valence electrons. The molecular weight excluding hydrogens is 260 g/mol. The van der Waals surface area contributed by atoms with Crippen molar-refractivity contribution >= 4 is 5.69 Å². The van der Waals surface area contributed by atoms with Crippen molar-refractivity contribution in [2.45, 2.75) is 31.1 Å². The summed E-state index contributed by atoms with van der Waals surface area (Å²) in [4.78, 5) is 2.66. The number of anilines is 1. The summed E-state index contributed by atoms with van der Waals surface area (Å²) in [5.41, 5.74) is 3.43. The highest BCUT2D eigenvalue weighted by Gasteiger charge is 2.43. The summed E-state index contributed by atoms with van der Waals surface area (Å²) in [6.07, 6.45) is 5.08. The molecule has 1 aromatic carbocycles. The van der Waals surface area contributed by atoms with Crippen molar-refractivity contribution in [3.8, 4) is 0 Å². The van der Waals surface area contributed by atoms with Gasteiger partial charge in [-0.1, -0.05) is 18.2 Å². The van der Waals surface area contributed by atoms with Crippen LogP contribution in [0.5, 0.6) is 0 Å².